The Morgan fingerprint density at radius 2 is 1.31 bits per heavy atom. The summed E-state index contributed by atoms with van der Waals surface area (Å²) in [7, 11) is 0. The van der Waals surface area contributed by atoms with Gasteiger partial charge in [0.25, 0.3) is 0 Å². The second kappa shape index (κ2) is 9.35. The Bertz CT molecular complexity index is 594. The van der Waals surface area contributed by atoms with Crippen molar-refractivity contribution >= 4 is 0 Å². The average Bonchev–Trinajstić information content (AvgIpc) is 2.67. The van der Waals surface area contributed by atoms with Crippen LogP contribution >= 0.6 is 0 Å². The van der Waals surface area contributed by atoms with Crippen LogP contribution in [0.5, 0.6) is 0 Å². The second-order valence-corrected chi connectivity index (χ2v) is 8.21. The number of allylic oxidation sites excluding steroid dienone is 1. The van der Waals surface area contributed by atoms with Gasteiger partial charge in [0.1, 0.15) is 0 Å². The van der Waals surface area contributed by atoms with Crippen LogP contribution in [0.1, 0.15) is 64.2 Å². The molecule has 0 radical (unpaired) electrons. The first-order valence-electron chi connectivity index (χ1n) is 9.95. The first-order chi connectivity index (χ1) is 13.4. The molecule has 1 unspecified atom stereocenters. The van der Waals surface area contributed by atoms with E-state index in [-0.39, 0.29) is 5.92 Å². The highest BCUT2D eigenvalue weighted by atomic mass is 19.4. The number of hydrogen-bond donors (Lipinski definition) is 1. The summed E-state index contributed by atoms with van der Waals surface area (Å²) in [6, 6.07) is 0. The fourth-order valence-electron chi connectivity index (χ4n) is 4.57. The third-order valence-corrected chi connectivity index (χ3v) is 6.38. The van der Waals surface area contributed by atoms with E-state index in [0.29, 0.717) is 30.8 Å². The molecule has 0 spiro atoms. The maximum atomic E-state index is 13.7. The van der Waals surface area contributed by atoms with Crippen LogP contribution in [0.4, 0.5) is 35.1 Å². The van der Waals surface area contributed by atoms with Crippen molar-refractivity contribution < 1.29 is 40.2 Å². The zero-order chi connectivity index (χ0) is 21.9. The van der Waals surface area contributed by atoms with Gasteiger partial charge in [-0.2, -0.15) is 35.1 Å². The molecule has 1 atom stereocenters. The van der Waals surface area contributed by atoms with Crippen LogP contribution in [0.25, 0.3) is 0 Å². The Morgan fingerprint density at radius 1 is 0.793 bits per heavy atom. The van der Waals surface area contributed by atoms with E-state index in [1.54, 1.807) is 0 Å². The number of aliphatic hydroxyl groups is 1. The predicted octanol–water partition coefficient (Wildman–Crippen LogP) is 7.33. The standard InChI is InChI=1S/C20H26F8O/c21-16(17(22)23)19(24,25)18(29,20(26,27)28)12-4-5-13-8-10-15(11-9-13)14-6-2-1-3-7-14/h4-5,13-15,29H,1-3,6-12H2. The SMILES string of the molecule is OC(CC=CC1CCC(C2CCCCC2)CC1)(C(F)(F)F)C(F)(F)C(F)=C(F)F. The second-order valence-electron chi connectivity index (χ2n) is 8.21. The Morgan fingerprint density at radius 3 is 1.79 bits per heavy atom. The first-order valence-corrected chi connectivity index (χ1v) is 9.95. The van der Waals surface area contributed by atoms with Crippen molar-refractivity contribution in [3.05, 3.63) is 24.1 Å². The van der Waals surface area contributed by atoms with Gasteiger partial charge in [-0.3, -0.25) is 0 Å². The molecule has 0 saturated heterocycles. The van der Waals surface area contributed by atoms with E-state index in [0.717, 1.165) is 12.8 Å². The molecule has 2 aliphatic carbocycles. The Labute approximate surface area is 164 Å². The summed E-state index contributed by atoms with van der Waals surface area (Å²) in [6.45, 7) is 0. The Hall–Kier alpha value is -1.12. The molecule has 1 N–H and O–H groups in total. The van der Waals surface area contributed by atoms with Crippen LogP contribution in [0, 0.1) is 17.8 Å². The average molecular weight is 434 g/mol. The van der Waals surface area contributed by atoms with Crippen molar-refractivity contribution in [1.82, 2.24) is 0 Å². The number of halogens is 8. The van der Waals surface area contributed by atoms with Gasteiger partial charge in [-0.15, -0.1) is 0 Å². The maximum absolute atomic E-state index is 13.7. The van der Waals surface area contributed by atoms with Gasteiger partial charge in [-0.1, -0.05) is 44.3 Å². The molecule has 2 rings (SSSR count). The highest BCUT2D eigenvalue weighted by Gasteiger charge is 2.71. The van der Waals surface area contributed by atoms with E-state index in [1.807, 2.05) is 0 Å². The van der Waals surface area contributed by atoms with Crippen LogP contribution < -0.4 is 0 Å². The lowest BCUT2D eigenvalue weighted by molar-refractivity contribution is -0.324. The lowest BCUT2D eigenvalue weighted by Crippen LogP contribution is -2.59. The molecular formula is C20H26F8O. The quantitative estimate of drug-likeness (QED) is 0.343. The smallest absolute Gasteiger partial charge is 0.375 e. The summed E-state index contributed by atoms with van der Waals surface area (Å²) in [6.07, 6.45) is -0.130. The van der Waals surface area contributed by atoms with Gasteiger partial charge in [0, 0.05) is 6.42 Å². The van der Waals surface area contributed by atoms with Crippen LogP contribution in [0.3, 0.4) is 0 Å². The van der Waals surface area contributed by atoms with E-state index in [9.17, 15) is 40.2 Å². The third kappa shape index (κ3) is 5.33. The van der Waals surface area contributed by atoms with E-state index >= 15 is 0 Å². The molecule has 168 valence electrons. The maximum Gasteiger partial charge on any atom is 0.423 e. The topological polar surface area (TPSA) is 20.2 Å². The van der Waals surface area contributed by atoms with Crippen molar-refractivity contribution in [3.63, 3.8) is 0 Å². The molecule has 29 heavy (non-hydrogen) atoms. The molecule has 9 heteroatoms. The van der Waals surface area contributed by atoms with E-state index in [4.69, 9.17) is 0 Å². The normalized spacial score (nSPS) is 27.1. The minimum absolute atomic E-state index is 0.140. The molecule has 0 bridgehead atoms. The summed E-state index contributed by atoms with van der Waals surface area (Å²) in [5.74, 6) is -8.29. The summed E-state index contributed by atoms with van der Waals surface area (Å²) < 4.78 is 104. The van der Waals surface area contributed by atoms with Crippen molar-refractivity contribution in [2.24, 2.45) is 17.8 Å². The third-order valence-electron chi connectivity index (χ3n) is 6.38. The van der Waals surface area contributed by atoms with Crippen LogP contribution in [0.2, 0.25) is 0 Å². The highest BCUT2D eigenvalue weighted by Crippen LogP contribution is 2.49. The van der Waals surface area contributed by atoms with Gasteiger partial charge in [0.15, 0.2) is 0 Å². The molecule has 0 aromatic carbocycles. The van der Waals surface area contributed by atoms with Gasteiger partial charge in [-0.05, 0) is 43.4 Å². The number of rotatable bonds is 6. The number of hydrogen-bond acceptors (Lipinski definition) is 1. The van der Waals surface area contributed by atoms with Crippen LogP contribution in [0.15, 0.2) is 24.1 Å². The molecule has 2 aliphatic rings. The molecule has 0 aromatic heterocycles. The molecule has 0 amide bonds. The van der Waals surface area contributed by atoms with Crippen molar-refractivity contribution in [1.29, 1.82) is 0 Å². The van der Waals surface area contributed by atoms with Crippen LogP contribution in [-0.2, 0) is 0 Å². The van der Waals surface area contributed by atoms with Crippen molar-refractivity contribution in [2.45, 2.75) is 81.9 Å². The zero-order valence-corrected chi connectivity index (χ0v) is 15.9. The van der Waals surface area contributed by atoms with E-state index < -0.39 is 36.0 Å². The molecule has 2 fully saturated rings. The van der Waals surface area contributed by atoms with Crippen molar-refractivity contribution in [3.8, 4) is 0 Å². The molecule has 2 saturated carbocycles. The minimum Gasteiger partial charge on any atom is -0.375 e. The summed E-state index contributed by atoms with van der Waals surface area (Å²) in [4.78, 5) is 0. The molecular weight excluding hydrogens is 408 g/mol. The lowest BCUT2D eigenvalue weighted by Gasteiger charge is -2.36. The summed E-state index contributed by atoms with van der Waals surface area (Å²) >= 11 is 0. The first kappa shape index (κ1) is 24.2. The van der Waals surface area contributed by atoms with E-state index in [1.165, 1.54) is 38.2 Å². The molecule has 0 heterocycles. The van der Waals surface area contributed by atoms with Gasteiger partial charge in [0.05, 0.1) is 0 Å². The van der Waals surface area contributed by atoms with Gasteiger partial charge in [-0.25, -0.2) is 0 Å². The van der Waals surface area contributed by atoms with Crippen molar-refractivity contribution in [2.75, 3.05) is 0 Å². The molecule has 0 aromatic rings. The fourth-order valence-corrected chi connectivity index (χ4v) is 4.57. The highest BCUT2D eigenvalue weighted by molar-refractivity contribution is 5.18. The monoisotopic (exact) mass is 434 g/mol. The van der Waals surface area contributed by atoms with Crippen LogP contribution in [-0.4, -0.2) is 22.8 Å². The van der Waals surface area contributed by atoms with Gasteiger partial charge < -0.3 is 5.11 Å². The summed E-state index contributed by atoms with van der Waals surface area (Å²) in [5.41, 5.74) is -4.96. The lowest BCUT2D eigenvalue weighted by atomic mass is 9.71. The Kier molecular flexibility index (Phi) is 7.79. The predicted molar refractivity (Wildman–Crippen MR) is 92.1 cm³/mol. The summed E-state index contributed by atoms with van der Waals surface area (Å²) in [5, 5.41) is 9.50. The largest absolute Gasteiger partial charge is 0.423 e. The Balaban J connectivity index is 2.01. The number of alkyl halides is 5. The molecule has 1 nitrogen and oxygen atoms in total. The van der Waals surface area contributed by atoms with Gasteiger partial charge >= 0.3 is 18.2 Å². The zero-order valence-electron chi connectivity index (χ0n) is 15.9. The van der Waals surface area contributed by atoms with Gasteiger partial charge in [0.2, 0.25) is 11.4 Å². The fraction of sp³-hybridized carbons (Fsp3) is 0.800. The minimum atomic E-state index is -6.01. The van der Waals surface area contributed by atoms with E-state index in [2.05, 4.69) is 0 Å². The molecule has 0 aliphatic heterocycles.